The molecule has 0 saturated carbocycles. The Balaban J connectivity index is 1.44. The highest BCUT2D eigenvalue weighted by atomic mass is 79.9. The molecular weight excluding hydrogens is 544 g/mol. The van der Waals surface area contributed by atoms with Crippen LogP contribution in [-0.4, -0.2) is 36.3 Å². The number of halogens is 1. The lowest BCUT2D eigenvalue weighted by atomic mass is 10.1. The largest absolute Gasteiger partial charge is 0.493 e. The Hall–Kier alpha value is -3.74. The van der Waals surface area contributed by atoms with Crippen LogP contribution in [-0.2, 0) is 11.4 Å². The number of carbonyl (C=O) groups is 2. The molecule has 0 aromatic heterocycles. The molecule has 0 spiro atoms. The van der Waals surface area contributed by atoms with Crippen LogP contribution >= 0.6 is 27.7 Å². The van der Waals surface area contributed by atoms with Gasteiger partial charge in [0.2, 0.25) is 0 Å². The Morgan fingerprint density at radius 3 is 2.50 bits per heavy atom. The van der Waals surface area contributed by atoms with Gasteiger partial charge in [-0.05, 0) is 81.3 Å². The van der Waals surface area contributed by atoms with Gasteiger partial charge >= 0.3 is 0 Å². The van der Waals surface area contributed by atoms with Gasteiger partial charge in [0.05, 0.1) is 34.7 Å². The van der Waals surface area contributed by atoms with Crippen LogP contribution in [0.3, 0.4) is 0 Å². The molecule has 0 radical (unpaired) electrons. The standard InChI is InChI=1S/C27H21BrN2O5S/c1-33-23-14-20(13-22(28)25(23)35-17-19-9-7-18(16-29)8-10-19)15-24-26(31)30(27(32)36-24)11-12-34-21-5-3-2-4-6-21/h2-10,13-15H,11-12,17H2,1H3/b24-15-. The van der Waals surface area contributed by atoms with Gasteiger partial charge in [0, 0.05) is 0 Å². The monoisotopic (exact) mass is 564 g/mol. The number of carbonyl (C=O) groups excluding carboxylic acids is 2. The quantitative estimate of drug-likeness (QED) is 0.293. The van der Waals surface area contributed by atoms with E-state index in [1.807, 2.05) is 42.5 Å². The summed E-state index contributed by atoms with van der Waals surface area (Å²) in [5.74, 6) is 1.29. The van der Waals surface area contributed by atoms with Crippen molar-refractivity contribution in [3.05, 3.63) is 92.8 Å². The predicted octanol–water partition coefficient (Wildman–Crippen LogP) is 6.02. The molecule has 4 rings (SSSR count). The molecule has 3 aromatic rings. The van der Waals surface area contributed by atoms with Crippen LogP contribution in [0.25, 0.3) is 6.08 Å². The molecule has 0 aliphatic carbocycles. The van der Waals surface area contributed by atoms with E-state index in [9.17, 15) is 9.59 Å². The molecular formula is C27H21BrN2O5S. The van der Waals surface area contributed by atoms with Crippen LogP contribution in [0.2, 0.25) is 0 Å². The molecule has 7 nitrogen and oxygen atoms in total. The Kier molecular flexibility index (Phi) is 8.31. The summed E-state index contributed by atoms with van der Waals surface area (Å²) in [6.07, 6.45) is 1.65. The van der Waals surface area contributed by atoms with Gasteiger partial charge in [-0.25, -0.2) is 0 Å². The number of rotatable bonds is 9. The number of amides is 2. The summed E-state index contributed by atoms with van der Waals surface area (Å²) in [5, 5.41) is 8.60. The van der Waals surface area contributed by atoms with Crippen molar-refractivity contribution in [3.8, 4) is 23.3 Å². The number of nitrogens with zero attached hydrogens (tertiary/aromatic N) is 2. The van der Waals surface area contributed by atoms with Crippen LogP contribution in [0.15, 0.2) is 76.1 Å². The van der Waals surface area contributed by atoms with Crippen molar-refractivity contribution in [2.45, 2.75) is 6.61 Å². The third-order valence-electron chi connectivity index (χ3n) is 5.22. The average Bonchev–Trinajstić information content (AvgIpc) is 3.16. The third-order valence-corrected chi connectivity index (χ3v) is 6.71. The van der Waals surface area contributed by atoms with E-state index in [1.165, 1.54) is 12.0 Å². The SMILES string of the molecule is COc1cc(/C=C2\SC(=O)N(CCOc3ccccc3)C2=O)cc(Br)c1OCc1ccc(C#N)cc1. The first-order chi connectivity index (χ1) is 17.5. The van der Waals surface area contributed by atoms with Crippen molar-refractivity contribution in [3.63, 3.8) is 0 Å². The first-order valence-corrected chi connectivity index (χ1v) is 12.5. The summed E-state index contributed by atoms with van der Waals surface area (Å²) in [4.78, 5) is 26.8. The molecule has 0 atom stereocenters. The number of methoxy groups -OCH3 is 1. The second-order valence-electron chi connectivity index (χ2n) is 7.63. The molecule has 1 fully saturated rings. The average molecular weight is 565 g/mol. The second kappa shape index (κ2) is 11.8. The zero-order valence-corrected chi connectivity index (χ0v) is 21.7. The van der Waals surface area contributed by atoms with Crippen molar-refractivity contribution >= 4 is 44.9 Å². The first kappa shape index (κ1) is 25.4. The molecule has 1 aliphatic heterocycles. The fourth-order valence-corrected chi connectivity index (χ4v) is 4.85. The zero-order chi connectivity index (χ0) is 25.5. The van der Waals surface area contributed by atoms with E-state index < -0.39 is 0 Å². The zero-order valence-electron chi connectivity index (χ0n) is 19.3. The number of thioether (sulfide) groups is 1. The molecule has 2 amide bonds. The van der Waals surface area contributed by atoms with E-state index in [0.29, 0.717) is 37.8 Å². The molecule has 0 unspecified atom stereocenters. The van der Waals surface area contributed by atoms with Gasteiger partial charge in [0.1, 0.15) is 19.0 Å². The maximum Gasteiger partial charge on any atom is 0.293 e. The lowest BCUT2D eigenvalue weighted by Gasteiger charge is -2.14. The number of benzene rings is 3. The molecule has 0 bridgehead atoms. The van der Waals surface area contributed by atoms with Gasteiger partial charge in [0.15, 0.2) is 11.5 Å². The summed E-state index contributed by atoms with van der Waals surface area (Å²) >= 11 is 4.41. The summed E-state index contributed by atoms with van der Waals surface area (Å²) in [7, 11) is 1.53. The van der Waals surface area contributed by atoms with Gasteiger partial charge < -0.3 is 14.2 Å². The molecule has 9 heteroatoms. The highest BCUT2D eigenvalue weighted by Crippen LogP contribution is 2.39. The van der Waals surface area contributed by atoms with Gasteiger partial charge in [-0.2, -0.15) is 5.26 Å². The van der Waals surface area contributed by atoms with Gasteiger partial charge in [-0.3, -0.25) is 14.5 Å². The van der Waals surface area contributed by atoms with Crippen molar-refractivity contribution < 1.29 is 23.8 Å². The van der Waals surface area contributed by atoms with E-state index in [4.69, 9.17) is 19.5 Å². The highest BCUT2D eigenvalue weighted by molar-refractivity contribution is 9.10. The topological polar surface area (TPSA) is 88.9 Å². The minimum Gasteiger partial charge on any atom is -0.493 e. The molecule has 36 heavy (non-hydrogen) atoms. The smallest absolute Gasteiger partial charge is 0.293 e. The number of imide groups is 1. The van der Waals surface area contributed by atoms with Crippen molar-refractivity contribution in [1.82, 2.24) is 4.90 Å². The minimum absolute atomic E-state index is 0.159. The number of hydrogen-bond donors (Lipinski definition) is 0. The van der Waals surface area contributed by atoms with Gasteiger partial charge in [0.25, 0.3) is 11.1 Å². The molecule has 1 heterocycles. The molecule has 1 aliphatic rings. The number of para-hydroxylation sites is 1. The summed E-state index contributed by atoms with van der Waals surface area (Å²) in [6, 6.07) is 22.0. The lowest BCUT2D eigenvalue weighted by Crippen LogP contribution is -2.32. The molecule has 0 N–H and O–H groups in total. The maximum absolute atomic E-state index is 12.8. The van der Waals surface area contributed by atoms with E-state index in [0.717, 1.165) is 17.3 Å². The van der Waals surface area contributed by atoms with E-state index >= 15 is 0 Å². The Morgan fingerprint density at radius 2 is 1.81 bits per heavy atom. The van der Waals surface area contributed by atoms with Crippen LogP contribution in [0.1, 0.15) is 16.7 Å². The van der Waals surface area contributed by atoms with Crippen molar-refractivity contribution in [1.29, 1.82) is 5.26 Å². The van der Waals surface area contributed by atoms with Crippen molar-refractivity contribution in [2.75, 3.05) is 20.3 Å². The second-order valence-corrected chi connectivity index (χ2v) is 9.47. The molecule has 3 aromatic carbocycles. The Morgan fingerprint density at radius 1 is 1.06 bits per heavy atom. The summed E-state index contributed by atoms with van der Waals surface area (Å²) < 4.78 is 17.7. The maximum atomic E-state index is 12.8. The van der Waals surface area contributed by atoms with Crippen LogP contribution < -0.4 is 14.2 Å². The summed E-state index contributed by atoms with van der Waals surface area (Å²) in [5.41, 5.74) is 2.16. The van der Waals surface area contributed by atoms with Crippen LogP contribution in [0, 0.1) is 11.3 Å². The highest BCUT2D eigenvalue weighted by Gasteiger charge is 2.35. The molecule has 182 valence electrons. The Labute approximate surface area is 221 Å². The van der Waals surface area contributed by atoms with Crippen LogP contribution in [0.5, 0.6) is 17.2 Å². The number of hydrogen-bond acceptors (Lipinski definition) is 7. The fraction of sp³-hybridized carbons (Fsp3) is 0.148. The van der Waals surface area contributed by atoms with Crippen LogP contribution in [0.4, 0.5) is 4.79 Å². The van der Waals surface area contributed by atoms with E-state index in [2.05, 4.69) is 22.0 Å². The van der Waals surface area contributed by atoms with Crippen molar-refractivity contribution in [2.24, 2.45) is 0 Å². The van der Waals surface area contributed by atoms with E-state index in [-0.39, 0.29) is 30.9 Å². The normalized spacial score (nSPS) is 14.1. The minimum atomic E-state index is -0.363. The third kappa shape index (κ3) is 6.08. The Bertz CT molecular complexity index is 1340. The lowest BCUT2D eigenvalue weighted by molar-refractivity contribution is -0.123. The number of ether oxygens (including phenoxy) is 3. The summed E-state index contributed by atoms with van der Waals surface area (Å²) in [6.45, 7) is 0.649. The first-order valence-electron chi connectivity index (χ1n) is 10.9. The van der Waals surface area contributed by atoms with Gasteiger partial charge in [-0.15, -0.1) is 0 Å². The fourth-order valence-electron chi connectivity index (χ4n) is 3.41. The number of nitriles is 1. The predicted molar refractivity (Wildman–Crippen MR) is 141 cm³/mol. The van der Waals surface area contributed by atoms with Gasteiger partial charge in [-0.1, -0.05) is 30.3 Å². The molecule has 1 saturated heterocycles. The van der Waals surface area contributed by atoms with E-state index in [1.54, 1.807) is 30.3 Å².